The van der Waals surface area contributed by atoms with Crippen molar-refractivity contribution in [1.29, 1.82) is 0 Å². The molecule has 15 heavy (non-hydrogen) atoms. The second kappa shape index (κ2) is 3.41. The summed E-state index contributed by atoms with van der Waals surface area (Å²) in [6.45, 7) is 0. The number of carboxylic acid groups (broad SMARTS) is 1. The number of hydrogen-bond donors (Lipinski definition) is 3. The third kappa shape index (κ3) is 1.41. The Kier molecular flexibility index (Phi) is 2.09. The van der Waals surface area contributed by atoms with E-state index in [1.165, 1.54) is 6.21 Å². The smallest absolute Gasteiger partial charge is 0.357 e. The second-order valence-corrected chi connectivity index (χ2v) is 2.93. The van der Waals surface area contributed by atoms with Crippen molar-refractivity contribution in [2.24, 2.45) is 10.9 Å². The summed E-state index contributed by atoms with van der Waals surface area (Å²) < 4.78 is 0. The maximum absolute atomic E-state index is 10.9. The van der Waals surface area contributed by atoms with Gasteiger partial charge in [-0.05, 0) is 6.07 Å². The molecule has 2 aromatic rings. The lowest BCUT2D eigenvalue weighted by Gasteiger charge is -1.95. The number of carbonyl (C=O) groups is 1. The van der Waals surface area contributed by atoms with E-state index in [4.69, 9.17) is 10.9 Å². The molecule has 6 heteroatoms. The fraction of sp³-hybridized carbons (Fsp3) is 0. The first-order valence-electron chi connectivity index (χ1n) is 4.17. The molecule has 0 aliphatic heterocycles. The van der Waals surface area contributed by atoms with E-state index in [9.17, 15) is 4.79 Å². The van der Waals surface area contributed by atoms with Gasteiger partial charge in [-0.15, -0.1) is 0 Å². The van der Waals surface area contributed by atoms with Crippen molar-refractivity contribution in [3.05, 3.63) is 29.5 Å². The van der Waals surface area contributed by atoms with Crippen molar-refractivity contribution < 1.29 is 9.90 Å². The van der Waals surface area contributed by atoms with Crippen molar-refractivity contribution in [2.45, 2.75) is 0 Å². The molecule has 4 N–H and O–H groups in total. The van der Waals surface area contributed by atoms with Gasteiger partial charge in [0.25, 0.3) is 0 Å². The van der Waals surface area contributed by atoms with Crippen LogP contribution < -0.4 is 5.84 Å². The van der Waals surface area contributed by atoms with Gasteiger partial charge in [0.2, 0.25) is 0 Å². The molecule has 0 atom stereocenters. The Labute approximate surface area is 84.4 Å². The summed E-state index contributed by atoms with van der Waals surface area (Å²) in [5.41, 5.74) is 1.24. The Hall–Kier alpha value is -2.37. The Morgan fingerprint density at radius 2 is 2.40 bits per heavy atom. The number of nitrogens with one attached hydrogen (secondary N) is 1. The Bertz CT molecular complexity index is 544. The van der Waals surface area contributed by atoms with Crippen LogP contribution in [0.4, 0.5) is 0 Å². The van der Waals surface area contributed by atoms with E-state index in [1.54, 1.807) is 18.2 Å². The van der Waals surface area contributed by atoms with E-state index in [0.717, 1.165) is 0 Å². The lowest BCUT2D eigenvalue weighted by molar-refractivity contribution is 0.0692. The largest absolute Gasteiger partial charge is 0.476 e. The van der Waals surface area contributed by atoms with Crippen LogP contribution in [0.3, 0.4) is 0 Å². The number of fused-ring (bicyclic) bond motifs is 1. The summed E-state index contributed by atoms with van der Waals surface area (Å²) in [6.07, 6.45) is 1.39. The lowest BCUT2D eigenvalue weighted by atomic mass is 10.1. The molecule has 0 bridgehead atoms. The van der Waals surface area contributed by atoms with Crippen molar-refractivity contribution in [2.75, 3.05) is 0 Å². The van der Waals surface area contributed by atoms with Crippen LogP contribution in [0.5, 0.6) is 0 Å². The van der Waals surface area contributed by atoms with Gasteiger partial charge in [0.15, 0.2) is 5.69 Å². The van der Waals surface area contributed by atoms with Crippen molar-refractivity contribution in [1.82, 2.24) is 10.2 Å². The van der Waals surface area contributed by atoms with Crippen LogP contribution in [0.1, 0.15) is 16.1 Å². The summed E-state index contributed by atoms with van der Waals surface area (Å²) >= 11 is 0. The quantitative estimate of drug-likeness (QED) is 0.377. The van der Waals surface area contributed by atoms with Gasteiger partial charge in [0.05, 0.1) is 11.7 Å². The molecule has 0 aliphatic rings. The topological polar surface area (TPSA) is 104 Å². The molecule has 76 valence electrons. The zero-order valence-corrected chi connectivity index (χ0v) is 7.64. The summed E-state index contributed by atoms with van der Waals surface area (Å²) in [7, 11) is 0. The Balaban J connectivity index is 2.80. The Morgan fingerprint density at radius 3 is 3.07 bits per heavy atom. The van der Waals surface area contributed by atoms with Crippen LogP contribution in [0.2, 0.25) is 0 Å². The van der Waals surface area contributed by atoms with Crippen LogP contribution >= 0.6 is 0 Å². The molecule has 1 heterocycles. The lowest BCUT2D eigenvalue weighted by Crippen LogP contribution is -1.99. The molecule has 1 aromatic heterocycles. The fourth-order valence-corrected chi connectivity index (χ4v) is 1.44. The molecule has 0 radical (unpaired) electrons. The predicted octanol–water partition coefficient (Wildman–Crippen LogP) is 0.554. The van der Waals surface area contributed by atoms with Crippen LogP contribution in [0, 0.1) is 0 Å². The van der Waals surface area contributed by atoms with Crippen LogP contribution in [0.25, 0.3) is 10.9 Å². The maximum Gasteiger partial charge on any atom is 0.357 e. The predicted molar refractivity (Wildman–Crippen MR) is 54.8 cm³/mol. The highest BCUT2D eigenvalue weighted by atomic mass is 16.4. The molecule has 0 amide bonds. The molecule has 1 aromatic carbocycles. The van der Waals surface area contributed by atoms with Crippen LogP contribution in [-0.2, 0) is 0 Å². The number of nitrogens with two attached hydrogens (primary N) is 1. The minimum Gasteiger partial charge on any atom is -0.476 e. The number of aromatic carboxylic acids is 1. The summed E-state index contributed by atoms with van der Waals surface area (Å²) in [6, 6.07) is 5.23. The monoisotopic (exact) mass is 204 g/mol. The highest BCUT2D eigenvalue weighted by molar-refractivity contribution is 6.08. The highest BCUT2D eigenvalue weighted by Crippen LogP contribution is 2.19. The minimum atomic E-state index is -1.08. The van der Waals surface area contributed by atoms with Crippen LogP contribution in [0.15, 0.2) is 23.3 Å². The average molecular weight is 204 g/mol. The zero-order valence-electron chi connectivity index (χ0n) is 7.64. The molecule has 0 fully saturated rings. The molecule has 0 unspecified atom stereocenters. The van der Waals surface area contributed by atoms with E-state index in [0.29, 0.717) is 16.5 Å². The minimum absolute atomic E-state index is 0.0273. The van der Waals surface area contributed by atoms with E-state index in [-0.39, 0.29) is 5.69 Å². The molecular formula is C9H8N4O2. The molecule has 0 aliphatic carbocycles. The standard InChI is InChI=1S/C9H8N4O2/c10-11-4-5-2-1-3-6-7(5)8(9(14)15)13-12-6/h1-4H,10H2,(H,12,13)(H,14,15). The number of benzene rings is 1. The molecular weight excluding hydrogens is 196 g/mol. The highest BCUT2D eigenvalue weighted by Gasteiger charge is 2.14. The van der Waals surface area contributed by atoms with E-state index in [2.05, 4.69) is 15.3 Å². The van der Waals surface area contributed by atoms with Gasteiger partial charge in [0, 0.05) is 10.9 Å². The SMILES string of the molecule is NN=Cc1cccc2[nH]nc(C(=O)O)c12. The van der Waals surface area contributed by atoms with Crippen LogP contribution in [-0.4, -0.2) is 27.5 Å². The molecule has 2 rings (SSSR count). The van der Waals surface area contributed by atoms with Crippen molar-refractivity contribution in [3.8, 4) is 0 Å². The number of hydrogen-bond acceptors (Lipinski definition) is 4. The van der Waals surface area contributed by atoms with Gasteiger partial charge in [0.1, 0.15) is 0 Å². The summed E-state index contributed by atoms with van der Waals surface area (Å²) in [5.74, 6) is 3.95. The molecule has 0 saturated heterocycles. The van der Waals surface area contributed by atoms with Gasteiger partial charge < -0.3 is 10.9 Å². The number of nitrogens with zero attached hydrogens (tertiary/aromatic N) is 2. The normalized spacial score (nSPS) is 11.2. The van der Waals surface area contributed by atoms with E-state index < -0.39 is 5.97 Å². The van der Waals surface area contributed by atoms with E-state index >= 15 is 0 Å². The fourth-order valence-electron chi connectivity index (χ4n) is 1.44. The summed E-state index contributed by atoms with van der Waals surface area (Å²) in [5, 5.41) is 19.1. The van der Waals surface area contributed by atoms with Gasteiger partial charge in [-0.25, -0.2) is 4.79 Å². The van der Waals surface area contributed by atoms with Gasteiger partial charge >= 0.3 is 5.97 Å². The maximum atomic E-state index is 10.9. The van der Waals surface area contributed by atoms with Crippen molar-refractivity contribution in [3.63, 3.8) is 0 Å². The number of aromatic nitrogens is 2. The van der Waals surface area contributed by atoms with Gasteiger partial charge in [-0.3, -0.25) is 5.10 Å². The van der Waals surface area contributed by atoms with Gasteiger partial charge in [-0.2, -0.15) is 10.2 Å². The molecule has 0 spiro atoms. The average Bonchev–Trinajstić information content (AvgIpc) is 2.62. The molecule has 6 nitrogen and oxygen atoms in total. The second-order valence-electron chi connectivity index (χ2n) is 2.93. The summed E-state index contributed by atoms with van der Waals surface area (Å²) in [4.78, 5) is 10.9. The van der Waals surface area contributed by atoms with Gasteiger partial charge in [-0.1, -0.05) is 12.1 Å². The first-order chi connectivity index (χ1) is 7.24. The molecule has 0 saturated carbocycles. The number of aromatic amines is 1. The number of carboxylic acids is 1. The number of rotatable bonds is 2. The third-order valence-electron chi connectivity index (χ3n) is 2.04. The van der Waals surface area contributed by atoms with E-state index in [1.807, 2.05) is 0 Å². The first kappa shape index (κ1) is 9.20. The van der Waals surface area contributed by atoms with Crippen molar-refractivity contribution >= 4 is 23.1 Å². The third-order valence-corrected chi connectivity index (χ3v) is 2.04. The number of hydrazone groups is 1. The Morgan fingerprint density at radius 1 is 1.60 bits per heavy atom. The first-order valence-corrected chi connectivity index (χ1v) is 4.17. The zero-order chi connectivity index (χ0) is 10.8. The number of H-pyrrole nitrogens is 1.